The van der Waals surface area contributed by atoms with Crippen LogP contribution < -0.4 is 9.47 Å². The van der Waals surface area contributed by atoms with Gasteiger partial charge in [0.2, 0.25) is 5.78 Å². The minimum absolute atomic E-state index is 0.112. The lowest BCUT2D eigenvalue weighted by Crippen LogP contribution is -2.00. The quantitative estimate of drug-likeness (QED) is 0.534. The van der Waals surface area contributed by atoms with Gasteiger partial charge in [0.25, 0.3) is 0 Å². The highest BCUT2D eigenvalue weighted by Crippen LogP contribution is 2.31. The molecule has 0 fully saturated rings. The van der Waals surface area contributed by atoms with Crippen LogP contribution >= 0.6 is 0 Å². The number of imidazole rings is 1. The minimum Gasteiger partial charge on any atom is -0.497 e. The number of ketones is 1. The van der Waals surface area contributed by atoms with E-state index >= 15 is 0 Å². The number of fused-ring (bicyclic) bond motifs is 3. The maximum absolute atomic E-state index is 12.7. The number of hydrogen-bond donors (Lipinski definition) is 0. The molecule has 0 unspecified atom stereocenters. The Morgan fingerprint density at radius 1 is 1.00 bits per heavy atom. The van der Waals surface area contributed by atoms with Gasteiger partial charge in [0.05, 0.1) is 19.7 Å². The molecule has 25 heavy (non-hydrogen) atoms. The highest BCUT2D eigenvalue weighted by atomic mass is 16.5. The van der Waals surface area contributed by atoms with Crippen LogP contribution in [0, 0.1) is 0 Å². The molecule has 0 aliphatic carbocycles. The summed E-state index contributed by atoms with van der Waals surface area (Å²) in [4.78, 5) is 17.2. The van der Waals surface area contributed by atoms with E-state index in [1.807, 2.05) is 46.9 Å². The molecule has 0 N–H and O–H groups in total. The average Bonchev–Trinajstić information content (AvgIpc) is 3.11. The predicted octanol–water partition coefficient (Wildman–Crippen LogP) is 3.74. The van der Waals surface area contributed by atoms with E-state index in [0.717, 1.165) is 16.7 Å². The Labute approximate surface area is 144 Å². The summed E-state index contributed by atoms with van der Waals surface area (Å²) in [7, 11) is 3.24. The zero-order chi connectivity index (χ0) is 17.4. The number of rotatable bonds is 4. The molecule has 5 nitrogen and oxygen atoms in total. The Morgan fingerprint density at radius 2 is 1.80 bits per heavy atom. The summed E-state index contributed by atoms with van der Waals surface area (Å²) in [6.45, 7) is 0. The van der Waals surface area contributed by atoms with Gasteiger partial charge in [-0.2, -0.15) is 0 Å². The molecular formula is C20H16N2O3. The number of carbonyl (C=O) groups is 1. The highest BCUT2D eigenvalue weighted by molar-refractivity contribution is 6.08. The van der Waals surface area contributed by atoms with Crippen LogP contribution in [0.15, 0.2) is 60.8 Å². The smallest absolute Gasteiger partial charge is 0.212 e. The van der Waals surface area contributed by atoms with E-state index in [9.17, 15) is 4.79 Å². The van der Waals surface area contributed by atoms with Crippen LogP contribution in [0.2, 0.25) is 0 Å². The molecule has 0 amide bonds. The van der Waals surface area contributed by atoms with Crippen LogP contribution in [0.25, 0.3) is 16.6 Å². The number of carbonyl (C=O) groups excluding carboxylic acids is 1. The number of ether oxygens (including phenoxy) is 2. The number of benzene rings is 2. The first-order valence-corrected chi connectivity index (χ1v) is 7.85. The summed E-state index contributed by atoms with van der Waals surface area (Å²) < 4.78 is 12.7. The van der Waals surface area contributed by atoms with Crippen molar-refractivity contribution in [2.75, 3.05) is 14.2 Å². The van der Waals surface area contributed by atoms with Crippen LogP contribution in [0.1, 0.15) is 16.1 Å². The van der Waals surface area contributed by atoms with Crippen molar-refractivity contribution >= 4 is 22.3 Å². The molecule has 4 rings (SSSR count). The molecule has 5 heteroatoms. The minimum atomic E-state index is -0.112. The van der Waals surface area contributed by atoms with E-state index in [-0.39, 0.29) is 5.78 Å². The predicted molar refractivity (Wildman–Crippen MR) is 95.7 cm³/mol. The molecule has 0 atom stereocenters. The molecular weight excluding hydrogens is 316 g/mol. The summed E-state index contributed by atoms with van der Waals surface area (Å²) in [5.41, 5.74) is 2.52. The fourth-order valence-corrected chi connectivity index (χ4v) is 2.95. The molecule has 0 aliphatic heterocycles. The van der Waals surface area contributed by atoms with Crippen LogP contribution in [0.3, 0.4) is 0 Å². The molecule has 2 aromatic heterocycles. The molecule has 4 aromatic rings. The zero-order valence-corrected chi connectivity index (χ0v) is 13.9. The third kappa shape index (κ3) is 2.50. The first-order valence-electron chi connectivity index (χ1n) is 7.85. The van der Waals surface area contributed by atoms with Crippen molar-refractivity contribution in [2.24, 2.45) is 0 Å². The van der Waals surface area contributed by atoms with Gasteiger partial charge < -0.3 is 9.47 Å². The third-order valence-corrected chi connectivity index (χ3v) is 4.21. The molecule has 0 spiro atoms. The third-order valence-electron chi connectivity index (χ3n) is 4.21. The van der Waals surface area contributed by atoms with Gasteiger partial charge >= 0.3 is 0 Å². The van der Waals surface area contributed by atoms with Crippen molar-refractivity contribution in [1.29, 1.82) is 0 Å². The Kier molecular flexibility index (Phi) is 3.61. The summed E-state index contributed by atoms with van der Waals surface area (Å²) in [6, 6.07) is 16.7. The fourth-order valence-electron chi connectivity index (χ4n) is 2.95. The van der Waals surface area contributed by atoms with Crippen molar-refractivity contribution in [3.8, 4) is 11.5 Å². The normalized spacial score (nSPS) is 11.0. The Bertz CT molecular complexity index is 1080. The highest BCUT2D eigenvalue weighted by Gasteiger charge is 2.16. The van der Waals surface area contributed by atoms with Gasteiger partial charge in [-0.05, 0) is 12.1 Å². The van der Waals surface area contributed by atoms with E-state index in [0.29, 0.717) is 22.7 Å². The topological polar surface area (TPSA) is 52.8 Å². The monoisotopic (exact) mass is 332 g/mol. The Hall–Kier alpha value is -3.34. The van der Waals surface area contributed by atoms with E-state index in [1.165, 1.54) is 0 Å². The number of pyridine rings is 1. The lowest BCUT2D eigenvalue weighted by Gasteiger charge is -2.09. The maximum atomic E-state index is 12.7. The number of hydrogen-bond acceptors (Lipinski definition) is 4. The largest absolute Gasteiger partial charge is 0.497 e. The fraction of sp³-hybridized carbons (Fsp3) is 0.100. The first-order chi connectivity index (χ1) is 12.2. The lowest BCUT2D eigenvalue weighted by atomic mass is 10.1. The molecule has 0 radical (unpaired) electrons. The van der Waals surface area contributed by atoms with Gasteiger partial charge in [0.15, 0.2) is 0 Å². The molecule has 2 heterocycles. The van der Waals surface area contributed by atoms with Gasteiger partial charge in [0, 0.05) is 29.3 Å². The van der Waals surface area contributed by atoms with Crippen LogP contribution in [-0.2, 0) is 0 Å². The van der Waals surface area contributed by atoms with E-state index < -0.39 is 0 Å². The molecule has 0 aliphatic rings. The number of nitrogens with zero attached hydrogens (tertiary/aromatic N) is 2. The van der Waals surface area contributed by atoms with Gasteiger partial charge in [-0.1, -0.05) is 30.3 Å². The van der Waals surface area contributed by atoms with Gasteiger partial charge in [0.1, 0.15) is 22.8 Å². The molecule has 0 saturated carbocycles. The lowest BCUT2D eigenvalue weighted by molar-refractivity contribution is 0.103. The zero-order valence-electron chi connectivity index (χ0n) is 13.9. The van der Waals surface area contributed by atoms with E-state index in [4.69, 9.17) is 9.47 Å². The Morgan fingerprint density at radius 3 is 2.52 bits per heavy atom. The van der Waals surface area contributed by atoms with Crippen LogP contribution in [-0.4, -0.2) is 29.4 Å². The average molecular weight is 332 g/mol. The second kappa shape index (κ2) is 5.94. The second-order valence-corrected chi connectivity index (χ2v) is 5.65. The maximum Gasteiger partial charge on any atom is 0.212 e. The SMILES string of the molecule is COc1ccc2c(OC)cc3nc(C(=O)c4ccccc4)cn3c2c1. The first kappa shape index (κ1) is 15.2. The molecule has 0 bridgehead atoms. The summed E-state index contributed by atoms with van der Waals surface area (Å²) in [6.07, 6.45) is 1.76. The number of aromatic nitrogens is 2. The van der Waals surface area contributed by atoms with Crippen molar-refractivity contribution in [3.05, 3.63) is 72.1 Å². The van der Waals surface area contributed by atoms with Gasteiger partial charge in [-0.3, -0.25) is 9.20 Å². The number of methoxy groups -OCH3 is 2. The van der Waals surface area contributed by atoms with Crippen molar-refractivity contribution < 1.29 is 14.3 Å². The molecule has 0 saturated heterocycles. The molecule has 124 valence electrons. The Balaban J connectivity index is 1.95. The van der Waals surface area contributed by atoms with Crippen LogP contribution in [0.4, 0.5) is 0 Å². The van der Waals surface area contributed by atoms with E-state index in [2.05, 4.69) is 4.98 Å². The molecule has 2 aromatic carbocycles. The summed E-state index contributed by atoms with van der Waals surface area (Å²) in [5, 5.41) is 0.923. The van der Waals surface area contributed by atoms with Crippen molar-refractivity contribution in [1.82, 2.24) is 9.38 Å². The van der Waals surface area contributed by atoms with E-state index in [1.54, 1.807) is 32.5 Å². The van der Waals surface area contributed by atoms with Gasteiger partial charge in [-0.25, -0.2) is 4.98 Å². The van der Waals surface area contributed by atoms with Crippen molar-refractivity contribution in [2.45, 2.75) is 0 Å². The summed E-state index contributed by atoms with van der Waals surface area (Å²) >= 11 is 0. The standard InChI is InChI=1S/C20H16N2O3/c1-24-14-8-9-15-17(10-14)22-12-16(21-19(22)11-18(15)25-2)20(23)13-6-4-3-5-7-13/h3-12H,1-2H3. The second-order valence-electron chi connectivity index (χ2n) is 5.65. The van der Waals surface area contributed by atoms with Crippen LogP contribution in [0.5, 0.6) is 11.5 Å². The van der Waals surface area contributed by atoms with Crippen molar-refractivity contribution in [3.63, 3.8) is 0 Å². The van der Waals surface area contributed by atoms with Gasteiger partial charge in [-0.15, -0.1) is 0 Å². The summed E-state index contributed by atoms with van der Waals surface area (Å²) in [5.74, 6) is 1.32.